The summed E-state index contributed by atoms with van der Waals surface area (Å²) >= 11 is -0.826. The van der Waals surface area contributed by atoms with Gasteiger partial charge in [-0.05, 0) is 27.7 Å². The Morgan fingerprint density at radius 1 is 0.741 bits per heavy atom. The zero-order valence-electron chi connectivity index (χ0n) is 15.9. The van der Waals surface area contributed by atoms with E-state index >= 15 is 0 Å². The summed E-state index contributed by atoms with van der Waals surface area (Å²) in [5.41, 5.74) is 7.15. The van der Waals surface area contributed by atoms with Gasteiger partial charge in [0.15, 0.2) is 0 Å². The van der Waals surface area contributed by atoms with E-state index in [0.29, 0.717) is 0 Å². The van der Waals surface area contributed by atoms with E-state index in [0.717, 1.165) is 37.7 Å². The second kappa shape index (κ2) is 15.4. The van der Waals surface area contributed by atoms with Crippen molar-refractivity contribution in [3.8, 4) is 0 Å². The van der Waals surface area contributed by atoms with Crippen LogP contribution < -0.4 is 0 Å². The number of para-hydroxylation sites is 2. The van der Waals surface area contributed by atoms with E-state index in [1.165, 1.54) is 22.3 Å². The fourth-order valence-corrected chi connectivity index (χ4v) is 2.69. The van der Waals surface area contributed by atoms with Crippen LogP contribution in [0.2, 0.25) is 0 Å². The third-order valence-electron chi connectivity index (χ3n) is 3.94. The van der Waals surface area contributed by atoms with Gasteiger partial charge in [-0.1, -0.05) is 79.2 Å². The summed E-state index contributed by atoms with van der Waals surface area (Å²) in [6.07, 6.45) is 0. The van der Waals surface area contributed by atoms with Crippen LogP contribution in [0.25, 0.3) is 10.6 Å². The Labute approximate surface area is 183 Å². The first-order chi connectivity index (χ1) is 12.5. The topological polar surface area (TPSA) is 41.0 Å². The van der Waals surface area contributed by atoms with Crippen molar-refractivity contribution in [3.05, 3.63) is 69.3 Å². The summed E-state index contributed by atoms with van der Waals surface area (Å²) in [6.45, 7) is 11.4. The second-order valence-electron chi connectivity index (χ2n) is 5.99. The van der Waals surface area contributed by atoms with Crippen molar-refractivity contribution < 1.29 is 25.6 Å². The summed E-state index contributed by atoms with van der Waals surface area (Å²) in [7, 11) is 9.87. The van der Waals surface area contributed by atoms with Crippen molar-refractivity contribution in [3.63, 3.8) is 0 Å². The standard InChI is InChI=1S/C20H26N2O.CH4.2ClH.Zr/c1-15-7-5-8-16(2)19(15)21-11-13-23-14-12-22-20-17(3)9-6-10-18(20)4;;;;/h5-10H,11-14H2,1-4H3;1H4;2*1H;/q-2;;;;+2/p-1. The van der Waals surface area contributed by atoms with Gasteiger partial charge in [0.2, 0.25) is 0 Å². The first kappa shape index (κ1) is 26.5. The van der Waals surface area contributed by atoms with Crippen LogP contribution in [-0.2, 0) is 20.8 Å². The molecule has 2 aromatic rings. The average Bonchev–Trinajstić information content (AvgIpc) is 2.59. The third-order valence-corrected chi connectivity index (χ3v) is 3.94. The SMILES string of the molecule is C.Cc1cccc(C)c1[N-]CC[OH+]CC[N-]c1c(C)cccc1C.[Cl][Zr][Cl]. The molecule has 0 radical (unpaired) electrons. The number of hydrogen-bond donors (Lipinski definition) is 0. The first-order valence-electron chi connectivity index (χ1n) is 8.58. The molecule has 0 aliphatic carbocycles. The molecule has 0 unspecified atom stereocenters. The third kappa shape index (κ3) is 9.99. The molecule has 0 fully saturated rings. The predicted octanol–water partition coefficient (Wildman–Crippen LogP) is 7.17. The molecule has 0 amide bonds. The van der Waals surface area contributed by atoms with Crippen molar-refractivity contribution in [1.29, 1.82) is 0 Å². The molecule has 0 heterocycles. The van der Waals surface area contributed by atoms with Crippen molar-refractivity contribution >= 4 is 28.4 Å². The summed E-state index contributed by atoms with van der Waals surface area (Å²) in [5, 5.41) is 9.33. The van der Waals surface area contributed by atoms with Crippen molar-refractivity contribution in [2.24, 2.45) is 0 Å². The number of halogens is 2. The zero-order valence-corrected chi connectivity index (χ0v) is 19.9. The van der Waals surface area contributed by atoms with Gasteiger partial charge < -0.3 is 15.4 Å². The minimum atomic E-state index is -0.826. The summed E-state index contributed by atoms with van der Waals surface area (Å²) in [4.78, 5) is 0. The number of benzene rings is 2. The molecule has 27 heavy (non-hydrogen) atoms. The van der Waals surface area contributed by atoms with Gasteiger partial charge >= 0.3 is 37.9 Å². The number of aryl methyl sites for hydroxylation is 4. The van der Waals surface area contributed by atoms with Gasteiger partial charge in [-0.2, -0.15) is 0 Å². The molecule has 0 aliphatic heterocycles. The Kier molecular flexibility index (Phi) is 15.1. The molecule has 0 saturated carbocycles. The molecule has 0 aliphatic rings. The molecule has 3 nitrogen and oxygen atoms in total. The van der Waals surface area contributed by atoms with Crippen LogP contribution in [0.4, 0.5) is 11.4 Å². The van der Waals surface area contributed by atoms with Gasteiger partial charge in [-0.3, -0.25) is 0 Å². The number of ether oxygens (including phenoxy) is 1. The quantitative estimate of drug-likeness (QED) is 0.279. The molecule has 2 aromatic carbocycles. The van der Waals surface area contributed by atoms with Crippen molar-refractivity contribution in [1.82, 2.24) is 0 Å². The number of nitrogens with zero attached hydrogens (tertiary/aromatic N) is 2. The molecule has 6 heteroatoms. The molecule has 0 atom stereocenters. The van der Waals surface area contributed by atoms with Crippen molar-refractivity contribution in [2.75, 3.05) is 26.3 Å². The van der Waals surface area contributed by atoms with Gasteiger partial charge in [0.25, 0.3) is 0 Å². The summed E-state index contributed by atoms with van der Waals surface area (Å²) in [6, 6.07) is 12.6. The molecular weight excluding hydrogens is 458 g/mol. The molecular formula is C21H31Cl2N2OZr-. The Balaban J connectivity index is 0.00000158. The second-order valence-corrected chi connectivity index (χ2v) is 9.72. The van der Waals surface area contributed by atoms with E-state index in [1.54, 1.807) is 0 Å². The monoisotopic (exact) mass is 487 g/mol. The molecule has 0 spiro atoms. The normalized spacial score (nSPS) is 9.56. The van der Waals surface area contributed by atoms with Crippen LogP contribution >= 0.6 is 17.0 Å². The van der Waals surface area contributed by atoms with Crippen LogP contribution in [0.1, 0.15) is 29.7 Å². The van der Waals surface area contributed by atoms with Gasteiger partial charge in [0, 0.05) is 0 Å². The Morgan fingerprint density at radius 3 is 1.33 bits per heavy atom. The van der Waals surface area contributed by atoms with Crippen LogP contribution in [0.3, 0.4) is 0 Å². The van der Waals surface area contributed by atoms with E-state index in [4.69, 9.17) is 17.0 Å². The van der Waals surface area contributed by atoms with Gasteiger partial charge in [-0.25, -0.2) is 0 Å². The van der Waals surface area contributed by atoms with Gasteiger partial charge in [0.05, 0.1) is 0 Å². The maximum absolute atomic E-state index is 4.93. The summed E-state index contributed by atoms with van der Waals surface area (Å²) < 4.78 is 4.53. The van der Waals surface area contributed by atoms with Crippen LogP contribution in [0.15, 0.2) is 36.4 Å². The van der Waals surface area contributed by atoms with E-state index in [9.17, 15) is 0 Å². The molecule has 1 N–H and O–H groups in total. The van der Waals surface area contributed by atoms with Crippen LogP contribution in [0.5, 0.6) is 0 Å². The molecule has 0 bridgehead atoms. The van der Waals surface area contributed by atoms with E-state index in [-0.39, 0.29) is 7.43 Å². The summed E-state index contributed by atoms with van der Waals surface area (Å²) in [5.74, 6) is 0. The molecule has 0 saturated heterocycles. The first-order valence-corrected chi connectivity index (χ1v) is 14.9. The number of aliphatic hydroxyl groups is 2. The Morgan fingerprint density at radius 2 is 1.04 bits per heavy atom. The fraction of sp³-hybridized carbons (Fsp3) is 0.429. The van der Waals surface area contributed by atoms with Crippen molar-refractivity contribution in [2.45, 2.75) is 35.1 Å². The van der Waals surface area contributed by atoms with E-state index < -0.39 is 20.8 Å². The molecule has 0 aromatic heterocycles. The van der Waals surface area contributed by atoms with Gasteiger partial charge in [-0.15, -0.1) is 11.4 Å². The predicted molar refractivity (Wildman–Crippen MR) is 118 cm³/mol. The minimum absolute atomic E-state index is 0. The van der Waals surface area contributed by atoms with E-state index in [2.05, 4.69) is 79.5 Å². The Hall–Kier alpha value is -0.537. The average molecular weight is 490 g/mol. The van der Waals surface area contributed by atoms with Crippen LogP contribution in [0, 0.1) is 27.7 Å². The fourth-order valence-electron chi connectivity index (χ4n) is 2.69. The Bertz CT molecular complexity index is 573. The molecule has 2 rings (SSSR count). The van der Waals surface area contributed by atoms with E-state index in [1.807, 2.05) is 0 Å². The number of rotatable bonds is 8. The van der Waals surface area contributed by atoms with Crippen LogP contribution in [-0.4, -0.2) is 31.0 Å². The molecule has 150 valence electrons. The zero-order chi connectivity index (χ0) is 19.4. The number of hydrogen-bond acceptors (Lipinski definition) is 0. The van der Waals surface area contributed by atoms with Gasteiger partial charge in [0.1, 0.15) is 13.2 Å². The maximum atomic E-state index is 4.93.